The van der Waals surface area contributed by atoms with Crippen LogP contribution in [0.4, 0.5) is 0 Å². The molecule has 0 amide bonds. The third-order valence-electron chi connectivity index (χ3n) is 1.45. The zero-order valence-electron chi connectivity index (χ0n) is 8.23. The number of halogens is 2. The van der Waals surface area contributed by atoms with Gasteiger partial charge in [0, 0.05) is 0 Å². The summed E-state index contributed by atoms with van der Waals surface area (Å²) in [6.45, 7) is 0. The first kappa shape index (κ1) is 14.7. The van der Waals surface area contributed by atoms with E-state index in [1.165, 1.54) is 29.6 Å². The predicted octanol–water partition coefficient (Wildman–Crippen LogP) is 3.83. The molecule has 0 saturated heterocycles. The number of sulfonamides is 1. The highest BCUT2D eigenvalue weighted by Crippen LogP contribution is 2.35. The van der Waals surface area contributed by atoms with Crippen molar-refractivity contribution in [2.45, 2.75) is 4.90 Å². The van der Waals surface area contributed by atoms with Crippen molar-refractivity contribution < 1.29 is 8.42 Å². The van der Waals surface area contributed by atoms with E-state index in [-0.39, 0.29) is 9.23 Å². The van der Waals surface area contributed by atoms with Gasteiger partial charge in [0.1, 0.15) is 13.6 Å². The van der Waals surface area contributed by atoms with Crippen LogP contribution >= 0.6 is 58.1 Å². The molecule has 0 spiro atoms. The van der Waals surface area contributed by atoms with E-state index in [2.05, 4.69) is 4.40 Å². The monoisotopic (exact) mass is 335 g/mol. The second-order valence-electron chi connectivity index (χ2n) is 2.43. The number of hydrogen-bond acceptors (Lipinski definition) is 5. The van der Waals surface area contributed by atoms with Crippen LogP contribution in [0.3, 0.4) is 0 Å². The van der Waals surface area contributed by atoms with E-state index in [9.17, 15) is 8.42 Å². The van der Waals surface area contributed by atoms with Gasteiger partial charge in [0.15, 0.2) is 0 Å². The summed E-state index contributed by atoms with van der Waals surface area (Å²) in [5.74, 6) is 0. The lowest BCUT2D eigenvalue weighted by atomic mass is 10.7. The predicted molar refractivity (Wildman–Crippen MR) is 76.0 cm³/mol. The fourth-order valence-electron chi connectivity index (χ4n) is 0.806. The molecule has 1 heterocycles. The van der Waals surface area contributed by atoms with Crippen LogP contribution < -0.4 is 0 Å². The standard InChI is InChI=1S/C7H7Cl2NO2S4/c1-13-7(14-2)10-16(11,12)4-3-5(8)15-6(4)9/h3H,1-2H3. The summed E-state index contributed by atoms with van der Waals surface area (Å²) in [4.78, 5) is -0.0373. The summed E-state index contributed by atoms with van der Waals surface area (Å²) in [6, 6.07) is 1.31. The number of thiophene rings is 1. The Labute approximate surface area is 117 Å². The van der Waals surface area contributed by atoms with Crippen LogP contribution in [-0.4, -0.2) is 25.3 Å². The summed E-state index contributed by atoms with van der Waals surface area (Å²) in [5, 5.41) is 0. The number of hydrogen-bond donors (Lipinski definition) is 0. The van der Waals surface area contributed by atoms with Gasteiger partial charge in [-0.3, -0.25) is 0 Å². The van der Waals surface area contributed by atoms with Crippen LogP contribution in [0.25, 0.3) is 0 Å². The van der Waals surface area contributed by atoms with Crippen molar-refractivity contribution in [2.24, 2.45) is 4.40 Å². The maximum Gasteiger partial charge on any atom is 0.286 e. The molecule has 0 fully saturated rings. The smallest absolute Gasteiger partial charge is 0.199 e. The summed E-state index contributed by atoms with van der Waals surface area (Å²) >= 11 is 15.0. The first-order chi connectivity index (χ1) is 7.40. The molecule has 0 aliphatic heterocycles. The van der Waals surface area contributed by atoms with E-state index < -0.39 is 10.0 Å². The summed E-state index contributed by atoms with van der Waals surface area (Å²) in [7, 11) is -3.75. The largest absolute Gasteiger partial charge is 0.286 e. The Bertz CT molecular complexity index is 502. The lowest BCUT2D eigenvalue weighted by molar-refractivity contribution is 0.598. The van der Waals surface area contributed by atoms with Gasteiger partial charge in [-0.2, -0.15) is 8.42 Å². The number of rotatable bonds is 2. The third kappa shape index (κ3) is 3.54. The van der Waals surface area contributed by atoms with E-state index in [1.54, 1.807) is 12.5 Å². The van der Waals surface area contributed by atoms with Crippen molar-refractivity contribution in [1.29, 1.82) is 0 Å². The van der Waals surface area contributed by atoms with Crippen molar-refractivity contribution in [3.8, 4) is 0 Å². The fourth-order valence-corrected chi connectivity index (χ4v) is 5.57. The maximum absolute atomic E-state index is 11.8. The van der Waals surface area contributed by atoms with Crippen LogP contribution in [0.1, 0.15) is 0 Å². The topological polar surface area (TPSA) is 46.5 Å². The van der Waals surface area contributed by atoms with Crippen molar-refractivity contribution in [1.82, 2.24) is 0 Å². The van der Waals surface area contributed by atoms with Gasteiger partial charge in [0.05, 0.1) is 4.34 Å². The normalized spacial score (nSPS) is 11.5. The van der Waals surface area contributed by atoms with Crippen molar-refractivity contribution in [2.75, 3.05) is 12.5 Å². The highest BCUT2D eigenvalue weighted by Gasteiger charge is 2.21. The average molecular weight is 336 g/mol. The molecule has 0 aliphatic rings. The second-order valence-corrected chi connectivity index (χ2v) is 8.14. The molecule has 1 aromatic rings. The van der Waals surface area contributed by atoms with Crippen molar-refractivity contribution in [3.05, 3.63) is 14.7 Å². The minimum absolute atomic E-state index is 0.0373. The van der Waals surface area contributed by atoms with Crippen LogP contribution in [-0.2, 0) is 10.0 Å². The highest BCUT2D eigenvalue weighted by molar-refractivity contribution is 8.38. The fraction of sp³-hybridized carbons (Fsp3) is 0.286. The SMILES string of the molecule is CSC(=NS(=O)(=O)c1cc(Cl)sc1Cl)SC. The Balaban J connectivity index is 3.22. The van der Waals surface area contributed by atoms with E-state index in [1.807, 2.05) is 0 Å². The van der Waals surface area contributed by atoms with Gasteiger partial charge in [0.25, 0.3) is 10.0 Å². The molecular formula is C7H7Cl2NO2S4. The van der Waals surface area contributed by atoms with Gasteiger partial charge >= 0.3 is 0 Å². The molecule has 0 saturated carbocycles. The van der Waals surface area contributed by atoms with Gasteiger partial charge in [0.2, 0.25) is 0 Å². The molecule has 1 rings (SSSR count). The molecule has 0 aliphatic carbocycles. The molecule has 0 bridgehead atoms. The van der Waals surface area contributed by atoms with Crippen LogP contribution in [0, 0.1) is 0 Å². The molecule has 1 aromatic heterocycles. The molecule has 0 unspecified atom stereocenters. The highest BCUT2D eigenvalue weighted by atomic mass is 35.5. The summed E-state index contributed by atoms with van der Waals surface area (Å²) in [5.41, 5.74) is 0. The summed E-state index contributed by atoms with van der Waals surface area (Å²) in [6.07, 6.45) is 3.51. The molecule has 0 N–H and O–H groups in total. The lowest BCUT2D eigenvalue weighted by Crippen LogP contribution is -1.98. The van der Waals surface area contributed by atoms with Gasteiger partial charge < -0.3 is 0 Å². The Morgan fingerprint density at radius 3 is 2.31 bits per heavy atom. The van der Waals surface area contributed by atoms with Gasteiger partial charge in [-0.05, 0) is 18.6 Å². The molecule has 16 heavy (non-hydrogen) atoms. The minimum atomic E-state index is -3.75. The first-order valence-electron chi connectivity index (χ1n) is 3.78. The van der Waals surface area contributed by atoms with Crippen LogP contribution in [0.2, 0.25) is 8.67 Å². The van der Waals surface area contributed by atoms with E-state index in [4.69, 9.17) is 23.2 Å². The second kappa shape index (κ2) is 5.97. The van der Waals surface area contributed by atoms with Crippen molar-refractivity contribution in [3.63, 3.8) is 0 Å². The van der Waals surface area contributed by atoms with E-state index >= 15 is 0 Å². The average Bonchev–Trinajstić information content (AvgIpc) is 2.55. The van der Waals surface area contributed by atoms with Crippen LogP contribution in [0.5, 0.6) is 0 Å². The van der Waals surface area contributed by atoms with Gasteiger partial charge in [-0.1, -0.05) is 23.2 Å². The molecule has 0 radical (unpaired) electrons. The zero-order valence-corrected chi connectivity index (χ0v) is 13.0. The van der Waals surface area contributed by atoms with Crippen molar-refractivity contribution >= 4 is 72.5 Å². The number of nitrogens with zero attached hydrogens (tertiary/aromatic N) is 1. The molecule has 3 nitrogen and oxygen atoms in total. The zero-order chi connectivity index (χ0) is 12.3. The van der Waals surface area contributed by atoms with E-state index in [0.29, 0.717) is 8.71 Å². The first-order valence-corrected chi connectivity index (χ1v) is 9.24. The van der Waals surface area contributed by atoms with Gasteiger partial charge in [-0.15, -0.1) is 39.3 Å². The molecule has 0 aromatic carbocycles. The minimum Gasteiger partial charge on any atom is -0.199 e. The lowest BCUT2D eigenvalue weighted by Gasteiger charge is -1.99. The maximum atomic E-state index is 11.8. The third-order valence-corrected chi connectivity index (χ3v) is 6.59. The Morgan fingerprint density at radius 2 is 1.94 bits per heavy atom. The van der Waals surface area contributed by atoms with Gasteiger partial charge in [-0.25, -0.2) is 0 Å². The quantitative estimate of drug-likeness (QED) is 0.608. The Hall–Kier alpha value is 0.600. The number of thioether (sulfide) groups is 2. The molecule has 0 atom stereocenters. The Kier molecular flexibility index (Phi) is 5.47. The van der Waals surface area contributed by atoms with E-state index in [0.717, 1.165) is 11.3 Å². The molecule has 9 heteroatoms. The molecule has 90 valence electrons. The summed E-state index contributed by atoms with van der Waals surface area (Å²) < 4.78 is 28.3. The Morgan fingerprint density at radius 1 is 1.38 bits per heavy atom. The van der Waals surface area contributed by atoms with Crippen LogP contribution in [0.15, 0.2) is 15.4 Å². The molecular weight excluding hydrogens is 329 g/mol.